The van der Waals surface area contributed by atoms with Crippen LogP contribution in [0.4, 0.5) is 0 Å². The first kappa shape index (κ1) is 14.4. The largest absolute Gasteiger partial charge is 0.477 e. The summed E-state index contributed by atoms with van der Waals surface area (Å²) in [5.41, 5.74) is 0. The molecule has 1 aromatic heterocycles. The van der Waals surface area contributed by atoms with Crippen LogP contribution in [0.3, 0.4) is 0 Å². The molecule has 106 valence electrons. The average molecular weight is 305 g/mol. The molecule has 1 aliphatic rings. The van der Waals surface area contributed by atoms with Crippen LogP contribution in [-0.4, -0.2) is 36.7 Å². The molecule has 1 fully saturated rings. The van der Waals surface area contributed by atoms with Gasteiger partial charge in [0.15, 0.2) is 0 Å². The normalized spacial score (nSPS) is 24.3. The Morgan fingerprint density at radius 3 is 2.68 bits per heavy atom. The highest BCUT2D eigenvalue weighted by Gasteiger charge is 2.26. The molecule has 0 amide bonds. The van der Waals surface area contributed by atoms with E-state index in [0.29, 0.717) is 19.3 Å². The number of carbonyl (C=O) groups is 1. The van der Waals surface area contributed by atoms with Crippen molar-refractivity contribution in [2.75, 3.05) is 0 Å². The highest BCUT2D eigenvalue weighted by molar-refractivity contribution is 7.91. The Labute approximate surface area is 115 Å². The van der Waals surface area contributed by atoms with E-state index in [1.54, 1.807) is 0 Å². The lowest BCUT2D eigenvalue weighted by atomic mass is 9.94. The van der Waals surface area contributed by atoms with E-state index >= 15 is 0 Å². The second-order valence-electron chi connectivity index (χ2n) is 4.56. The smallest absolute Gasteiger partial charge is 0.345 e. The zero-order valence-electron chi connectivity index (χ0n) is 10.1. The molecule has 19 heavy (non-hydrogen) atoms. The van der Waals surface area contributed by atoms with E-state index in [4.69, 9.17) is 5.11 Å². The number of nitrogens with one attached hydrogen (secondary N) is 1. The van der Waals surface area contributed by atoms with Crippen LogP contribution in [0.5, 0.6) is 0 Å². The van der Waals surface area contributed by atoms with Crippen molar-refractivity contribution >= 4 is 27.3 Å². The van der Waals surface area contributed by atoms with E-state index in [9.17, 15) is 18.3 Å². The van der Waals surface area contributed by atoms with Crippen molar-refractivity contribution in [2.24, 2.45) is 0 Å². The average Bonchev–Trinajstić information content (AvgIpc) is 2.78. The Kier molecular flexibility index (Phi) is 4.24. The lowest BCUT2D eigenvalue weighted by Gasteiger charge is -2.26. The van der Waals surface area contributed by atoms with Crippen molar-refractivity contribution in [3.05, 3.63) is 17.0 Å². The molecule has 2 unspecified atom stereocenters. The standard InChI is InChI=1S/C11H15NO5S2/c13-8-3-1-2-7(6-8)12-19(16,17)10-5-4-9(18-10)11(14)15/h4-5,7-8,12-13H,1-3,6H2,(H,14,15). The van der Waals surface area contributed by atoms with Gasteiger partial charge in [-0.05, 0) is 37.8 Å². The molecule has 0 saturated heterocycles. The first-order valence-electron chi connectivity index (χ1n) is 5.92. The summed E-state index contributed by atoms with van der Waals surface area (Å²) < 4.78 is 26.7. The quantitative estimate of drug-likeness (QED) is 0.770. The molecule has 1 aliphatic carbocycles. The van der Waals surface area contributed by atoms with Gasteiger partial charge in [0.05, 0.1) is 6.10 Å². The Balaban J connectivity index is 2.10. The Morgan fingerprint density at radius 1 is 1.37 bits per heavy atom. The molecule has 6 nitrogen and oxygen atoms in total. The number of aromatic carboxylic acids is 1. The minimum absolute atomic E-state index is 0.00929. The summed E-state index contributed by atoms with van der Waals surface area (Å²) in [6, 6.07) is 2.27. The molecule has 0 spiro atoms. The van der Waals surface area contributed by atoms with E-state index in [1.165, 1.54) is 12.1 Å². The van der Waals surface area contributed by atoms with E-state index in [-0.39, 0.29) is 15.1 Å². The highest BCUT2D eigenvalue weighted by atomic mass is 32.2. The molecule has 0 aliphatic heterocycles. The van der Waals surface area contributed by atoms with Gasteiger partial charge in [-0.25, -0.2) is 17.9 Å². The topological polar surface area (TPSA) is 104 Å². The minimum atomic E-state index is -3.70. The van der Waals surface area contributed by atoms with E-state index < -0.39 is 22.1 Å². The predicted molar refractivity (Wildman–Crippen MR) is 69.9 cm³/mol. The van der Waals surface area contributed by atoms with E-state index in [2.05, 4.69) is 4.72 Å². The number of carboxylic acid groups (broad SMARTS) is 1. The number of hydrogen-bond acceptors (Lipinski definition) is 5. The molecule has 0 radical (unpaired) electrons. The Morgan fingerprint density at radius 2 is 2.11 bits per heavy atom. The van der Waals surface area contributed by atoms with Gasteiger partial charge in [-0.3, -0.25) is 0 Å². The molecule has 2 rings (SSSR count). The van der Waals surface area contributed by atoms with Crippen LogP contribution in [0, 0.1) is 0 Å². The minimum Gasteiger partial charge on any atom is -0.477 e. The van der Waals surface area contributed by atoms with Crippen molar-refractivity contribution < 1.29 is 23.4 Å². The fourth-order valence-corrected chi connectivity index (χ4v) is 4.57. The zero-order valence-corrected chi connectivity index (χ0v) is 11.7. The number of rotatable bonds is 4. The molecule has 1 heterocycles. The number of aliphatic hydroxyl groups is 1. The van der Waals surface area contributed by atoms with E-state index in [1.807, 2.05) is 0 Å². The summed E-state index contributed by atoms with van der Waals surface area (Å²) in [6.45, 7) is 0. The molecular formula is C11H15NO5S2. The first-order chi connectivity index (χ1) is 8.88. The van der Waals surface area contributed by atoms with Gasteiger partial charge in [0.1, 0.15) is 9.09 Å². The van der Waals surface area contributed by atoms with E-state index in [0.717, 1.165) is 17.8 Å². The molecular weight excluding hydrogens is 290 g/mol. The van der Waals surface area contributed by atoms with Gasteiger partial charge in [-0.2, -0.15) is 0 Å². The van der Waals surface area contributed by atoms with Gasteiger partial charge < -0.3 is 10.2 Å². The van der Waals surface area contributed by atoms with Crippen LogP contribution in [0.25, 0.3) is 0 Å². The molecule has 0 aromatic carbocycles. The van der Waals surface area contributed by atoms with Crippen LogP contribution in [-0.2, 0) is 10.0 Å². The van der Waals surface area contributed by atoms with Crippen LogP contribution >= 0.6 is 11.3 Å². The molecule has 8 heteroatoms. The van der Waals surface area contributed by atoms with Crippen molar-refractivity contribution in [3.63, 3.8) is 0 Å². The maximum absolute atomic E-state index is 12.1. The van der Waals surface area contributed by atoms with Gasteiger partial charge in [-0.1, -0.05) is 0 Å². The van der Waals surface area contributed by atoms with Crippen molar-refractivity contribution in [3.8, 4) is 0 Å². The number of thiophene rings is 1. The Bertz CT molecular complexity index is 565. The molecule has 0 bridgehead atoms. The molecule has 1 saturated carbocycles. The van der Waals surface area contributed by atoms with Crippen LogP contribution in [0.15, 0.2) is 16.3 Å². The van der Waals surface area contributed by atoms with Gasteiger partial charge in [0.2, 0.25) is 10.0 Å². The maximum Gasteiger partial charge on any atom is 0.345 e. The first-order valence-corrected chi connectivity index (χ1v) is 8.22. The Hall–Kier alpha value is -0.960. The molecule has 1 aromatic rings. The summed E-state index contributed by atoms with van der Waals surface area (Å²) in [5, 5.41) is 18.3. The van der Waals surface area contributed by atoms with Gasteiger partial charge in [0, 0.05) is 6.04 Å². The monoisotopic (exact) mass is 305 g/mol. The third kappa shape index (κ3) is 3.53. The lowest BCUT2D eigenvalue weighted by molar-refractivity contribution is 0.0702. The second-order valence-corrected chi connectivity index (χ2v) is 7.59. The van der Waals surface area contributed by atoms with Crippen molar-refractivity contribution in [1.82, 2.24) is 4.72 Å². The zero-order chi connectivity index (χ0) is 14.0. The summed E-state index contributed by atoms with van der Waals surface area (Å²) in [4.78, 5) is 10.7. The summed E-state index contributed by atoms with van der Waals surface area (Å²) in [6.07, 6.45) is 2.09. The lowest BCUT2D eigenvalue weighted by Crippen LogP contribution is -2.39. The van der Waals surface area contributed by atoms with Gasteiger partial charge in [0.25, 0.3) is 0 Å². The summed E-state index contributed by atoms with van der Waals surface area (Å²) in [7, 11) is -3.70. The number of hydrogen-bond donors (Lipinski definition) is 3. The van der Waals surface area contributed by atoms with Gasteiger partial charge >= 0.3 is 5.97 Å². The second kappa shape index (κ2) is 5.58. The molecule has 2 atom stereocenters. The molecule has 3 N–H and O–H groups in total. The van der Waals surface area contributed by atoms with Crippen molar-refractivity contribution in [1.29, 1.82) is 0 Å². The number of aliphatic hydroxyl groups excluding tert-OH is 1. The number of sulfonamides is 1. The SMILES string of the molecule is O=C(O)c1ccc(S(=O)(=O)NC2CCCC(O)C2)s1. The fourth-order valence-electron chi connectivity index (χ4n) is 2.13. The highest BCUT2D eigenvalue weighted by Crippen LogP contribution is 2.24. The van der Waals surface area contributed by atoms with Gasteiger partial charge in [-0.15, -0.1) is 11.3 Å². The van der Waals surface area contributed by atoms with Crippen LogP contribution < -0.4 is 4.72 Å². The third-order valence-corrected chi connectivity index (χ3v) is 6.11. The third-order valence-electron chi connectivity index (χ3n) is 3.03. The van der Waals surface area contributed by atoms with Crippen LogP contribution in [0.2, 0.25) is 0 Å². The summed E-state index contributed by atoms with van der Waals surface area (Å²) in [5.74, 6) is -1.14. The summed E-state index contributed by atoms with van der Waals surface area (Å²) >= 11 is 0.725. The maximum atomic E-state index is 12.1. The number of carboxylic acids is 1. The fraction of sp³-hybridized carbons (Fsp3) is 0.545. The van der Waals surface area contributed by atoms with Crippen LogP contribution in [0.1, 0.15) is 35.4 Å². The predicted octanol–water partition coefficient (Wildman–Crippen LogP) is 1.03. The van der Waals surface area contributed by atoms with Crippen molar-refractivity contribution in [2.45, 2.75) is 42.0 Å².